The smallest absolute Gasteiger partial charge is 0.0701 e. The highest BCUT2D eigenvalue weighted by Gasteiger charge is 1.99. The van der Waals surface area contributed by atoms with Gasteiger partial charge in [-0.15, -0.1) is 0 Å². The maximum atomic E-state index is 5.64. The van der Waals surface area contributed by atoms with Gasteiger partial charge in [-0.1, -0.05) is 22.0 Å². The molecule has 0 unspecified atom stereocenters. The molecule has 1 heterocycles. The van der Waals surface area contributed by atoms with Crippen LogP contribution in [0.3, 0.4) is 0 Å². The van der Waals surface area contributed by atoms with Crippen molar-refractivity contribution in [2.75, 3.05) is 5.84 Å². The number of rotatable bonds is 0. The Labute approximate surface area is 72.7 Å². The van der Waals surface area contributed by atoms with E-state index in [1.54, 1.807) is 4.68 Å². The van der Waals surface area contributed by atoms with Gasteiger partial charge < -0.3 is 5.84 Å². The second-order valence-electron chi connectivity index (χ2n) is 2.40. The van der Waals surface area contributed by atoms with Gasteiger partial charge in [-0.3, -0.25) is 4.68 Å². The summed E-state index contributed by atoms with van der Waals surface area (Å²) in [6, 6.07) is 7.94. The van der Waals surface area contributed by atoms with Gasteiger partial charge in [0.1, 0.15) is 0 Å². The highest BCUT2D eigenvalue weighted by Crippen LogP contribution is 2.22. The van der Waals surface area contributed by atoms with E-state index in [0.29, 0.717) is 0 Å². The Balaban J connectivity index is 2.94. The molecule has 0 saturated heterocycles. The third-order valence-electron chi connectivity index (χ3n) is 1.71. The Hall–Kier alpha value is -0.960. The summed E-state index contributed by atoms with van der Waals surface area (Å²) in [4.78, 5) is 0. The number of aromatic nitrogens is 1. The predicted molar refractivity (Wildman–Crippen MR) is 49.8 cm³/mol. The first-order chi connectivity index (χ1) is 5.29. The van der Waals surface area contributed by atoms with Crippen LogP contribution in [-0.2, 0) is 0 Å². The molecule has 56 valence electrons. The molecule has 2 aromatic rings. The molecule has 1 aromatic carbocycles. The molecule has 11 heavy (non-hydrogen) atoms. The van der Waals surface area contributed by atoms with E-state index in [2.05, 4.69) is 15.9 Å². The summed E-state index contributed by atoms with van der Waals surface area (Å²) >= 11 is 3.44. The standard InChI is InChI=1S/C8H7BrN2/c9-7-2-1-3-8-6(7)4-5-11(8)10/h1-5H,10H2. The van der Waals surface area contributed by atoms with Gasteiger partial charge in [0.2, 0.25) is 0 Å². The Bertz CT molecular complexity index is 392. The number of hydrogen-bond acceptors (Lipinski definition) is 1. The molecule has 0 radical (unpaired) electrons. The van der Waals surface area contributed by atoms with E-state index in [1.165, 1.54) is 0 Å². The second kappa shape index (κ2) is 2.27. The number of nitrogen functional groups attached to an aromatic ring is 1. The molecule has 2 rings (SSSR count). The molecule has 0 aliphatic rings. The molecule has 0 aliphatic heterocycles. The van der Waals surface area contributed by atoms with Crippen molar-refractivity contribution < 1.29 is 0 Å². The van der Waals surface area contributed by atoms with Gasteiger partial charge in [0.15, 0.2) is 0 Å². The number of nitrogens with two attached hydrogens (primary N) is 1. The van der Waals surface area contributed by atoms with E-state index >= 15 is 0 Å². The Kier molecular flexibility index (Phi) is 1.39. The van der Waals surface area contributed by atoms with Crippen LogP contribution in [0.4, 0.5) is 0 Å². The molecule has 0 saturated carbocycles. The second-order valence-corrected chi connectivity index (χ2v) is 3.25. The lowest BCUT2D eigenvalue weighted by atomic mass is 10.2. The van der Waals surface area contributed by atoms with Crippen molar-refractivity contribution in [3.8, 4) is 0 Å². The molecular formula is C8H7BrN2. The van der Waals surface area contributed by atoms with Crippen molar-refractivity contribution in [3.63, 3.8) is 0 Å². The van der Waals surface area contributed by atoms with Crippen LogP contribution in [0.5, 0.6) is 0 Å². The van der Waals surface area contributed by atoms with Crippen molar-refractivity contribution in [1.29, 1.82) is 0 Å². The van der Waals surface area contributed by atoms with Gasteiger partial charge in [0.25, 0.3) is 0 Å². The zero-order valence-electron chi connectivity index (χ0n) is 5.79. The normalized spacial score (nSPS) is 10.6. The summed E-state index contributed by atoms with van der Waals surface area (Å²) in [5.41, 5.74) is 1.04. The number of benzene rings is 1. The van der Waals surface area contributed by atoms with Crippen LogP contribution in [0.25, 0.3) is 10.9 Å². The Morgan fingerprint density at radius 3 is 2.82 bits per heavy atom. The fraction of sp³-hybridized carbons (Fsp3) is 0. The first kappa shape index (κ1) is 6.73. The lowest BCUT2D eigenvalue weighted by Gasteiger charge is -1.95. The summed E-state index contributed by atoms with van der Waals surface area (Å²) in [6.45, 7) is 0. The highest BCUT2D eigenvalue weighted by atomic mass is 79.9. The van der Waals surface area contributed by atoms with E-state index < -0.39 is 0 Å². The number of hydrogen-bond donors (Lipinski definition) is 1. The van der Waals surface area contributed by atoms with Crippen molar-refractivity contribution in [2.45, 2.75) is 0 Å². The lowest BCUT2D eigenvalue weighted by molar-refractivity contribution is 1.07. The summed E-state index contributed by atoms with van der Waals surface area (Å²) in [5.74, 6) is 5.64. The molecule has 0 atom stereocenters. The zero-order chi connectivity index (χ0) is 7.84. The van der Waals surface area contributed by atoms with E-state index in [9.17, 15) is 0 Å². The average Bonchev–Trinajstić information content (AvgIpc) is 2.35. The molecule has 2 nitrogen and oxygen atoms in total. The fourth-order valence-corrected chi connectivity index (χ4v) is 1.64. The molecule has 1 aromatic heterocycles. The van der Waals surface area contributed by atoms with Crippen molar-refractivity contribution in [1.82, 2.24) is 4.68 Å². The maximum Gasteiger partial charge on any atom is 0.0701 e. The maximum absolute atomic E-state index is 5.64. The van der Waals surface area contributed by atoms with Crippen molar-refractivity contribution in [3.05, 3.63) is 34.9 Å². The molecule has 0 aliphatic carbocycles. The molecule has 0 bridgehead atoms. The minimum absolute atomic E-state index is 1.04. The molecular weight excluding hydrogens is 204 g/mol. The first-order valence-electron chi connectivity index (χ1n) is 3.30. The largest absolute Gasteiger partial charge is 0.339 e. The summed E-state index contributed by atoms with van der Waals surface area (Å²) < 4.78 is 2.69. The van der Waals surface area contributed by atoms with Gasteiger partial charge in [0, 0.05) is 16.1 Å². The molecule has 0 spiro atoms. The first-order valence-corrected chi connectivity index (χ1v) is 4.09. The highest BCUT2D eigenvalue weighted by molar-refractivity contribution is 9.10. The van der Waals surface area contributed by atoms with Crippen LogP contribution in [0.2, 0.25) is 0 Å². The van der Waals surface area contributed by atoms with E-state index in [1.807, 2.05) is 30.5 Å². The molecule has 2 N–H and O–H groups in total. The minimum Gasteiger partial charge on any atom is -0.339 e. The van der Waals surface area contributed by atoms with Gasteiger partial charge >= 0.3 is 0 Å². The van der Waals surface area contributed by atoms with Crippen molar-refractivity contribution >= 4 is 26.8 Å². The van der Waals surface area contributed by atoms with E-state index in [4.69, 9.17) is 5.84 Å². The molecule has 3 heteroatoms. The zero-order valence-corrected chi connectivity index (χ0v) is 7.38. The number of nitrogens with zero attached hydrogens (tertiary/aromatic N) is 1. The minimum atomic E-state index is 1.04. The van der Waals surface area contributed by atoms with Crippen molar-refractivity contribution in [2.24, 2.45) is 0 Å². The summed E-state index contributed by atoms with van der Waals surface area (Å²) in [5, 5.41) is 1.15. The van der Waals surface area contributed by atoms with Gasteiger partial charge in [0.05, 0.1) is 5.52 Å². The number of fused-ring (bicyclic) bond motifs is 1. The Morgan fingerprint density at radius 2 is 2.09 bits per heavy atom. The van der Waals surface area contributed by atoms with E-state index in [-0.39, 0.29) is 0 Å². The lowest BCUT2D eigenvalue weighted by Crippen LogP contribution is -2.04. The topological polar surface area (TPSA) is 30.9 Å². The van der Waals surface area contributed by atoms with E-state index in [0.717, 1.165) is 15.4 Å². The van der Waals surface area contributed by atoms with Gasteiger partial charge in [-0.2, -0.15) is 0 Å². The van der Waals surface area contributed by atoms with Gasteiger partial charge in [-0.25, -0.2) is 0 Å². The van der Waals surface area contributed by atoms with Crippen LogP contribution in [0.15, 0.2) is 34.9 Å². The summed E-state index contributed by atoms with van der Waals surface area (Å²) in [6.07, 6.45) is 1.84. The van der Waals surface area contributed by atoms with Crippen LogP contribution < -0.4 is 5.84 Å². The average molecular weight is 211 g/mol. The monoisotopic (exact) mass is 210 g/mol. The Morgan fingerprint density at radius 1 is 1.27 bits per heavy atom. The van der Waals surface area contributed by atoms with Crippen LogP contribution in [0, 0.1) is 0 Å². The fourth-order valence-electron chi connectivity index (χ4n) is 1.15. The quantitative estimate of drug-likeness (QED) is 0.664. The number of halogens is 1. The molecule has 0 amide bonds. The van der Waals surface area contributed by atoms with Gasteiger partial charge in [-0.05, 0) is 18.2 Å². The van der Waals surface area contributed by atoms with Crippen LogP contribution >= 0.6 is 15.9 Å². The third-order valence-corrected chi connectivity index (χ3v) is 2.40. The van der Waals surface area contributed by atoms with Crippen LogP contribution in [0.1, 0.15) is 0 Å². The summed E-state index contributed by atoms with van der Waals surface area (Å²) in [7, 11) is 0. The van der Waals surface area contributed by atoms with Crippen LogP contribution in [-0.4, -0.2) is 4.68 Å². The third kappa shape index (κ3) is 0.922. The SMILES string of the molecule is Nn1ccc2c(Br)cccc21. The molecule has 0 fully saturated rings. The predicted octanol–water partition coefficient (Wildman–Crippen LogP) is 2.12.